The molecule has 2 N–H and O–H groups in total. The number of fused-ring (bicyclic) bond motifs is 1. The molecule has 2 aromatic heterocycles. The third-order valence-corrected chi connectivity index (χ3v) is 11.1. The molecule has 2 aromatic carbocycles. The summed E-state index contributed by atoms with van der Waals surface area (Å²) < 4.78 is 101. The molecule has 50 heavy (non-hydrogen) atoms. The number of aliphatic hydroxyl groups is 1. The van der Waals surface area contributed by atoms with Gasteiger partial charge in [-0.15, -0.1) is 0 Å². The number of aromatic nitrogens is 2. The molecule has 4 aromatic rings. The normalized spacial score (nSPS) is 20.3. The summed E-state index contributed by atoms with van der Waals surface area (Å²) >= 11 is 0. The van der Waals surface area contributed by atoms with E-state index in [1.54, 1.807) is 19.1 Å². The SMILES string of the molecule is Cc1ccc(S(=O)(=O)n2c(CO)cc3nc(NC(=O)[C@H]4C[C@@H](F)CN4C(=O)C4(c5ccc(OC(F)F)cc5)CCC(F)(F)CC4)ccc32)cc1. The van der Waals surface area contributed by atoms with E-state index in [9.17, 15) is 45.1 Å². The molecule has 16 heteroatoms. The maximum Gasteiger partial charge on any atom is 0.387 e. The van der Waals surface area contributed by atoms with E-state index in [0.717, 1.165) is 14.4 Å². The molecule has 1 aliphatic heterocycles. The van der Waals surface area contributed by atoms with E-state index in [1.165, 1.54) is 54.6 Å². The highest BCUT2D eigenvalue weighted by atomic mass is 32.2. The van der Waals surface area contributed by atoms with Gasteiger partial charge in [0.2, 0.25) is 17.7 Å². The number of anilines is 1. The molecule has 1 saturated heterocycles. The highest BCUT2D eigenvalue weighted by Gasteiger charge is 2.53. The van der Waals surface area contributed by atoms with Crippen molar-refractivity contribution in [3.8, 4) is 5.75 Å². The summed E-state index contributed by atoms with van der Waals surface area (Å²) in [7, 11) is -4.15. The third kappa shape index (κ3) is 6.65. The molecule has 10 nitrogen and oxygen atoms in total. The first-order valence-corrected chi connectivity index (χ1v) is 17.2. The molecule has 1 aliphatic carbocycles. The summed E-state index contributed by atoms with van der Waals surface area (Å²) in [6.45, 7) is -2.42. The Balaban J connectivity index is 1.28. The van der Waals surface area contributed by atoms with Crippen LogP contribution in [-0.2, 0) is 31.6 Å². The lowest BCUT2D eigenvalue weighted by Crippen LogP contribution is -2.54. The first-order chi connectivity index (χ1) is 23.6. The molecular formula is C34H33F5N4O6S. The number of nitrogens with one attached hydrogen (secondary N) is 1. The minimum atomic E-state index is -4.15. The van der Waals surface area contributed by atoms with Crippen LogP contribution in [0.4, 0.5) is 27.8 Å². The average molecular weight is 721 g/mol. The zero-order chi connectivity index (χ0) is 36.0. The van der Waals surface area contributed by atoms with E-state index in [4.69, 9.17) is 0 Å². The first kappa shape index (κ1) is 35.3. The zero-order valence-corrected chi connectivity index (χ0v) is 27.5. The van der Waals surface area contributed by atoms with Gasteiger partial charge in [0.1, 0.15) is 23.8 Å². The monoisotopic (exact) mass is 720 g/mol. The first-order valence-electron chi connectivity index (χ1n) is 15.8. The van der Waals surface area contributed by atoms with Crippen LogP contribution in [0.5, 0.6) is 5.75 Å². The number of alkyl halides is 5. The smallest absolute Gasteiger partial charge is 0.387 e. The Morgan fingerprint density at radius 3 is 2.30 bits per heavy atom. The molecule has 2 atom stereocenters. The van der Waals surface area contributed by atoms with Crippen LogP contribution in [0.1, 0.15) is 48.9 Å². The summed E-state index contributed by atoms with van der Waals surface area (Å²) in [4.78, 5) is 33.3. The van der Waals surface area contributed by atoms with Gasteiger partial charge in [0.05, 0.1) is 40.2 Å². The number of pyridine rings is 1. The number of aryl methyl sites for hydroxylation is 1. The summed E-state index contributed by atoms with van der Waals surface area (Å²) in [6.07, 6.45) is -3.96. The minimum absolute atomic E-state index is 0.0153. The highest BCUT2D eigenvalue weighted by molar-refractivity contribution is 7.90. The van der Waals surface area contributed by atoms with Crippen molar-refractivity contribution in [3.63, 3.8) is 0 Å². The number of benzene rings is 2. The summed E-state index contributed by atoms with van der Waals surface area (Å²) in [6, 6.07) is 13.9. The van der Waals surface area contributed by atoms with Gasteiger partial charge in [0.15, 0.2) is 0 Å². The molecule has 2 amide bonds. The Morgan fingerprint density at radius 2 is 1.68 bits per heavy atom. The number of nitrogens with zero attached hydrogens (tertiary/aromatic N) is 3. The van der Waals surface area contributed by atoms with Gasteiger partial charge in [0, 0.05) is 19.3 Å². The molecule has 266 valence electrons. The molecule has 6 rings (SSSR count). The van der Waals surface area contributed by atoms with Crippen LogP contribution in [-0.4, -0.2) is 70.5 Å². The molecule has 2 fully saturated rings. The van der Waals surface area contributed by atoms with Crippen molar-refractivity contribution in [2.24, 2.45) is 0 Å². The number of rotatable bonds is 9. The van der Waals surface area contributed by atoms with Crippen molar-refractivity contribution in [3.05, 3.63) is 83.6 Å². The van der Waals surface area contributed by atoms with Gasteiger partial charge in [0.25, 0.3) is 10.0 Å². The third-order valence-electron chi connectivity index (χ3n) is 9.35. The van der Waals surface area contributed by atoms with Crippen LogP contribution >= 0.6 is 0 Å². The van der Waals surface area contributed by atoms with Gasteiger partial charge in [-0.05, 0) is 67.8 Å². The number of amides is 2. The number of aliphatic hydroxyl groups excluding tert-OH is 1. The predicted octanol–water partition coefficient (Wildman–Crippen LogP) is 5.70. The van der Waals surface area contributed by atoms with Gasteiger partial charge in [-0.25, -0.2) is 30.5 Å². The Kier molecular flexibility index (Phi) is 9.37. The Morgan fingerprint density at radius 1 is 1.02 bits per heavy atom. The molecule has 1 saturated carbocycles. The van der Waals surface area contributed by atoms with E-state index in [0.29, 0.717) is 0 Å². The largest absolute Gasteiger partial charge is 0.435 e. The van der Waals surface area contributed by atoms with Gasteiger partial charge >= 0.3 is 6.61 Å². The average Bonchev–Trinajstić information content (AvgIpc) is 3.65. The number of ether oxygens (including phenoxy) is 1. The lowest BCUT2D eigenvalue weighted by molar-refractivity contribution is -0.146. The summed E-state index contributed by atoms with van der Waals surface area (Å²) in [5, 5.41) is 12.6. The molecule has 3 heterocycles. The number of halogens is 5. The fourth-order valence-corrected chi connectivity index (χ4v) is 8.29. The maximum absolute atomic E-state index is 15.0. The van der Waals surface area contributed by atoms with E-state index in [2.05, 4.69) is 15.0 Å². The molecule has 0 radical (unpaired) electrons. The maximum atomic E-state index is 15.0. The number of carbonyl (C=O) groups excluding carboxylic acids is 2. The van der Waals surface area contributed by atoms with E-state index < -0.39 is 78.0 Å². The van der Waals surface area contributed by atoms with Crippen molar-refractivity contribution >= 4 is 38.7 Å². The second kappa shape index (κ2) is 13.3. The standard InChI is InChI=1S/C34H33F5N4O6S/c1-20-2-8-25(9-3-20)50(47,48)43-23(19-44)17-26-27(43)10-11-29(40-26)41-30(45)28-16-22(35)18-42(28)31(46)33(12-14-34(38,39)15-13-33)21-4-6-24(7-5-21)49-32(36)37/h2-11,17,22,28,32,44H,12-16,18-19H2,1H3,(H,40,41,45)/t22-,28-/m1/s1. The lowest BCUT2D eigenvalue weighted by Gasteiger charge is -2.42. The number of hydrogen-bond donors (Lipinski definition) is 2. The highest BCUT2D eigenvalue weighted by Crippen LogP contribution is 2.48. The summed E-state index contributed by atoms with van der Waals surface area (Å²) in [5.74, 6) is -4.85. The molecule has 2 aliphatic rings. The van der Waals surface area contributed by atoms with Crippen molar-refractivity contribution in [2.45, 2.75) is 80.7 Å². The lowest BCUT2D eigenvalue weighted by atomic mass is 9.67. The fraction of sp³-hybridized carbons (Fsp3) is 0.382. The Hall–Kier alpha value is -4.57. The second-order valence-corrected chi connectivity index (χ2v) is 14.4. The molecule has 0 bridgehead atoms. The summed E-state index contributed by atoms with van der Waals surface area (Å²) in [5.41, 5.74) is -0.238. The van der Waals surface area contributed by atoms with Crippen LogP contribution < -0.4 is 10.1 Å². The van der Waals surface area contributed by atoms with Crippen molar-refractivity contribution < 1.29 is 49.8 Å². The van der Waals surface area contributed by atoms with E-state index in [1.807, 2.05) is 0 Å². The topological polar surface area (TPSA) is 131 Å². The van der Waals surface area contributed by atoms with Crippen LogP contribution in [0, 0.1) is 6.92 Å². The Labute approximate surface area is 283 Å². The zero-order valence-electron chi connectivity index (χ0n) is 26.7. The van der Waals surface area contributed by atoms with Crippen LogP contribution in [0.25, 0.3) is 11.0 Å². The van der Waals surface area contributed by atoms with Gasteiger partial charge in [-0.1, -0.05) is 29.8 Å². The quantitative estimate of drug-likeness (QED) is 0.212. The van der Waals surface area contributed by atoms with E-state index >= 15 is 0 Å². The number of carbonyl (C=O) groups is 2. The minimum Gasteiger partial charge on any atom is -0.435 e. The van der Waals surface area contributed by atoms with Crippen molar-refractivity contribution in [1.82, 2.24) is 13.9 Å². The van der Waals surface area contributed by atoms with E-state index in [-0.39, 0.29) is 58.0 Å². The van der Waals surface area contributed by atoms with Crippen molar-refractivity contribution in [1.29, 1.82) is 0 Å². The van der Waals surface area contributed by atoms with Crippen LogP contribution in [0.2, 0.25) is 0 Å². The molecule has 0 unspecified atom stereocenters. The van der Waals surface area contributed by atoms with Crippen LogP contribution in [0.15, 0.2) is 71.6 Å². The molecular weight excluding hydrogens is 687 g/mol. The number of likely N-dealkylation sites (tertiary alicyclic amines) is 1. The number of hydrogen-bond acceptors (Lipinski definition) is 7. The van der Waals surface area contributed by atoms with Gasteiger partial charge in [-0.3, -0.25) is 9.59 Å². The van der Waals surface area contributed by atoms with Gasteiger partial charge < -0.3 is 20.1 Å². The second-order valence-electron chi connectivity index (χ2n) is 12.6. The molecule has 0 spiro atoms. The predicted molar refractivity (Wildman–Crippen MR) is 171 cm³/mol. The van der Waals surface area contributed by atoms with Crippen LogP contribution in [0.3, 0.4) is 0 Å². The van der Waals surface area contributed by atoms with Crippen molar-refractivity contribution in [2.75, 3.05) is 11.9 Å². The van der Waals surface area contributed by atoms with Gasteiger partial charge in [-0.2, -0.15) is 8.78 Å². The fourth-order valence-electron chi connectivity index (χ4n) is 6.76. The Bertz CT molecular complexity index is 2010.